The fourth-order valence-corrected chi connectivity index (χ4v) is 5.55. The van der Waals surface area contributed by atoms with Crippen molar-refractivity contribution in [2.75, 3.05) is 63.1 Å². The van der Waals surface area contributed by atoms with Crippen LogP contribution in [0.3, 0.4) is 0 Å². The van der Waals surface area contributed by atoms with Crippen molar-refractivity contribution in [2.24, 2.45) is 0 Å². The van der Waals surface area contributed by atoms with Crippen molar-refractivity contribution in [3.63, 3.8) is 0 Å². The lowest BCUT2D eigenvalue weighted by Crippen LogP contribution is -2.47. The summed E-state index contributed by atoms with van der Waals surface area (Å²) >= 11 is 1.64. The van der Waals surface area contributed by atoms with E-state index in [0.717, 1.165) is 55.5 Å². The Kier molecular flexibility index (Phi) is 8.70. The number of halogens is 1. The zero-order valence-corrected chi connectivity index (χ0v) is 20.6. The Balaban J connectivity index is 1.29. The molecule has 2 aliphatic heterocycles. The summed E-state index contributed by atoms with van der Waals surface area (Å²) in [6.07, 6.45) is -0.741. The second-order valence-electron chi connectivity index (χ2n) is 8.26. The van der Waals surface area contributed by atoms with Gasteiger partial charge in [0.05, 0.1) is 6.61 Å². The summed E-state index contributed by atoms with van der Waals surface area (Å²) in [6.45, 7) is 7.14. The molecule has 2 aliphatic rings. The third-order valence-electron chi connectivity index (χ3n) is 6.03. The maximum absolute atomic E-state index is 13.5. The molecule has 0 aliphatic carbocycles. The molecule has 1 atom stereocenters. The van der Waals surface area contributed by atoms with Crippen molar-refractivity contribution >= 4 is 29.6 Å². The first-order valence-electron chi connectivity index (χ1n) is 11.9. The number of urea groups is 1. The highest BCUT2D eigenvalue weighted by Gasteiger charge is 2.33. The Morgan fingerprint density at radius 3 is 2.66 bits per heavy atom. The molecule has 1 N–H and O–H groups in total. The number of hydrogen-bond acceptors (Lipinski definition) is 7. The van der Waals surface area contributed by atoms with Crippen LogP contribution in [0.25, 0.3) is 0 Å². The molecular formula is C25H31FN4O4S. The lowest BCUT2D eigenvalue weighted by molar-refractivity contribution is 0.146. The van der Waals surface area contributed by atoms with E-state index < -0.39 is 12.1 Å². The number of anilines is 1. The minimum absolute atomic E-state index is 0.202. The molecule has 0 aromatic heterocycles. The van der Waals surface area contributed by atoms with Crippen LogP contribution in [0.5, 0.6) is 5.75 Å². The quantitative estimate of drug-likeness (QED) is 0.615. The number of piperazine rings is 1. The molecule has 188 valence electrons. The Morgan fingerprint density at radius 1 is 1.09 bits per heavy atom. The summed E-state index contributed by atoms with van der Waals surface area (Å²) in [5, 5.41) is 2.05. The van der Waals surface area contributed by atoms with E-state index in [-0.39, 0.29) is 17.8 Å². The van der Waals surface area contributed by atoms with Crippen LogP contribution in [0.4, 0.5) is 19.7 Å². The Labute approximate surface area is 209 Å². The normalized spacial score (nSPS) is 18.4. The molecule has 2 fully saturated rings. The van der Waals surface area contributed by atoms with Crippen LogP contribution in [0.2, 0.25) is 0 Å². The number of ether oxygens (including phenoxy) is 2. The smallest absolute Gasteiger partial charge is 0.415 e. The first kappa shape index (κ1) is 25.1. The number of benzene rings is 2. The lowest BCUT2D eigenvalue weighted by atomic mass is 10.2. The standard InChI is InChI=1S/C25H31FN4O4S/c1-2-33-25(32)27-24(31)30-15-17-35-23(30)21-8-3-4-9-22(21)34-16-14-28-10-12-29(13-11-28)20-7-5-6-19(26)18-20/h3-9,18,23H,2,10-17H2,1H3,(H,27,31,32). The average molecular weight is 503 g/mol. The minimum atomic E-state index is -0.741. The van der Waals surface area contributed by atoms with Crippen LogP contribution < -0.4 is 15.0 Å². The fourth-order valence-electron chi connectivity index (χ4n) is 4.27. The van der Waals surface area contributed by atoms with Gasteiger partial charge in [-0.2, -0.15) is 0 Å². The van der Waals surface area contributed by atoms with Crippen molar-refractivity contribution in [2.45, 2.75) is 12.3 Å². The molecule has 8 nitrogen and oxygen atoms in total. The number of imide groups is 1. The van der Waals surface area contributed by atoms with Gasteiger partial charge in [0.15, 0.2) is 0 Å². The van der Waals surface area contributed by atoms with Crippen molar-refractivity contribution in [1.82, 2.24) is 15.1 Å². The number of thioether (sulfide) groups is 1. The summed E-state index contributed by atoms with van der Waals surface area (Å²) in [5.74, 6) is 1.29. The van der Waals surface area contributed by atoms with Crippen LogP contribution in [0.1, 0.15) is 17.9 Å². The summed E-state index contributed by atoms with van der Waals surface area (Å²) in [6, 6.07) is 14.0. The van der Waals surface area contributed by atoms with Gasteiger partial charge in [-0.25, -0.2) is 19.3 Å². The number of nitrogens with zero attached hydrogens (tertiary/aromatic N) is 3. The number of rotatable bonds is 7. The van der Waals surface area contributed by atoms with Crippen LogP contribution in [-0.2, 0) is 4.74 Å². The number of alkyl carbamates (subject to hydrolysis) is 1. The molecule has 35 heavy (non-hydrogen) atoms. The third-order valence-corrected chi connectivity index (χ3v) is 7.27. The Hall–Kier alpha value is -2.98. The SMILES string of the molecule is CCOC(=O)NC(=O)N1CCSC1c1ccccc1OCCN1CCN(c2cccc(F)c2)CC1. The van der Waals surface area contributed by atoms with E-state index in [2.05, 4.69) is 15.1 Å². The molecule has 10 heteroatoms. The van der Waals surface area contributed by atoms with E-state index in [1.165, 1.54) is 6.07 Å². The van der Waals surface area contributed by atoms with Crippen LogP contribution in [-0.4, -0.2) is 80.2 Å². The van der Waals surface area contributed by atoms with Crippen molar-refractivity contribution in [3.8, 4) is 5.75 Å². The largest absolute Gasteiger partial charge is 0.492 e. The van der Waals surface area contributed by atoms with Crippen LogP contribution in [0, 0.1) is 5.82 Å². The van der Waals surface area contributed by atoms with E-state index in [0.29, 0.717) is 13.2 Å². The van der Waals surface area contributed by atoms with Gasteiger partial charge in [-0.05, 0) is 31.2 Å². The number of nitrogens with one attached hydrogen (secondary N) is 1. The molecule has 0 bridgehead atoms. The van der Waals surface area contributed by atoms with Gasteiger partial charge >= 0.3 is 12.1 Å². The van der Waals surface area contributed by atoms with Gasteiger partial charge in [0.2, 0.25) is 0 Å². The molecule has 3 amide bonds. The first-order valence-corrected chi connectivity index (χ1v) is 12.9. The van der Waals surface area contributed by atoms with Gasteiger partial charge in [-0.15, -0.1) is 11.8 Å². The highest BCUT2D eigenvalue weighted by molar-refractivity contribution is 7.99. The number of hydrogen-bond donors (Lipinski definition) is 1. The van der Waals surface area contributed by atoms with E-state index in [1.54, 1.807) is 35.7 Å². The molecule has 0 radical (unpaired) electrons. The summed E-state index contributed by atoms with van der Waals surface area (Å²) in [7, 11) is 0. The number of carbonyl (C=O) groups excluding carboxylic acids is 2. The average Bonchev–Trinajstić information content (AvgIpc) is 3.35. The minimum Gasteiger partial charge on any atom is -0.492 e. The van der Waals surface area contributed by atoms with Crippen molar-refractivity contribution in [3.05, 3.63) is 59.9 Å². The highest BCUT2D eigenvalue weighted by atomic mass is 32.2. The Bertz CT molecular complexity index is 1020. The second-order valence-corrected chi connectivity index (χ2v) is 9.45. The molecule has 0 spiro atoms. The summed E-state index contributed by atoms with van der Waals surface area (Å²) in [5.41, 5.74) is 1.82. The molecule has 1 unspecified atom stereocenters. The van der Waals surface area contributed by atoms with E-state index in [4.69, 9.17) is 9.47 Å². The molecule has 0 saturated carbocycles. The van der Waals surface area contributed by atoms with Crippen LogP contribution in [0.15, 0.2) is 48.5 Å². The molecule has 2 aromatic rings. The highest BCUT2D eigenvalue weighted by Crippen LogP contribution is 2.41. The predicted molar refractivity (Wildman–Crippen MR) is 134 cm³/mol. The number of para-hydroxylation sites is 1. The van der Waals surface area contributed by atoms with E-state index in [9.17, 15) is 14.0 Å². The first-order chi connectivity index (χ1) is 17.0. The molecule has 4 rings (SSSR count). The van der Waals surface area contributed by atoms with Crippen molar-refractivity contribution in [1.29, 1.82) is 0 Å². The fraction of sp³-hybridized carbons (Fsp3) is 0.440. The van der Waals surface area contributed by atoms with Gasteiger partial charge in [0.25, 0.3) is 0 Å². The molecule has 2 saturated heterocycles. The maximum atomic E-state index is 13.5. The predicted octanol–water partition coefficient (Wildman–Crippen LogP) is 3.94. The summed E-state index contributed by atoms with van der Waals surface area (Å²) in [4.78, 5) is 30.5. The zero-order valence-electron chi connectivity index (χ0n) is 19.8. The monoisotopic (exact) mass is 502 g/mol. The topological polar surface area (TPSA) is 74.3 Å². The molecule has 2 aromatic carbocycles. The maximum Gasteiger partial charge on any atom is 0.415 e. The van der Waals surface area contributed by atoms with Gasteiger partial charge in [-0.3, -0.25) is 4.90 Å². The Morgan fingerprint density at radius 2 is 1.89 bits per heavy atom. The molecular weight excluding hydrogens is 471 g/mol. The molecule has 2 heterocycles. The summed E-state index contributed by atoms with van der Waals surface area (Å²) < 4.78 is 24.5. The second kappa shape index (κ2) is 12.1. The third kappa shape index (κ3) is 6.58. The van der Waals surface area contributed by atoms with Crippen LogP contribution >= 0.6 is 11.8 Å². The number of carbonyl (C=O) groups is 2. The number of amides is 3. The van der Waals surface area contributed by atoms with Gasteiger partial charge in [0, 0.05) is 56.3 Å². The zero-order chi connectivity index (χ0) is 24.6. The van der Waals surface area contributed by atoms with E-state index in [1.807, 2.05) is 30.3 Å². The van der Waals surface area contributed by atoms with Crippen molar-refractivity contribution < 1.29 is 23.5 Å². The lowest BCUT2D eigenvalue weighted by Gasteiger charge is -2.36. The van der Waals surface area contributed by atoms with Gasteiger partial charge < -0.3 is 19.3 Å². The van der Waals surface area contributed by atoms with Gasteiger partial charge in [-0.1, -0.05) is 24.3 Å². The van der Waals surface area contributed by atoms with Gasteiger partial charge in [0.1, 0.15) is 23.5 Å². The van der Waals surface area contributed by atoms with E-state index >= 15 is 0 Å².